The number of nitrogens with one attached hydrogen (secondary N) is 1. The third kappa shape index (κ3) is 3.36. The van der Waals surface area contributed by atoms with Crippen LogP contribution in [0.5, 0.6) is 0 Å². The molecule has 2 amide bonds. The van der Waals surface area contributed by atoms with E-state index in [9.17, 15) is 4.79 Å². The second-order valence-corrected chi connectivity index (χ2v) is 5.37. The third-order valence-corrected chi connectivity index (χ3v) is 4.22. The summed E-state index contributed by atoms with van der Waals surface area (Å²) in [6, 6.07) is 0.238. The fourth-order valence-corrected chi connectivity index (χ4v) is 3.00. The highest BCUT2D eigenvalue weighted by molar-refractivity contribution is 5.72. The van der Waals surface area contributed by atoms with Crippen molar-refractivity contribution in [2.24, 2.45) is 11.7 Å². The molecule has 18 heavy (non-hydrogen) atoms. The van der Waals surface area contributed by atoms with Crippen molar-refractivity contribution < 1.29 is 9.53 Å². The van der Waals surface area contributed by atoms with E-state index >= 15 is 0 Å². The van der Waals surface area contributed by atoms with Gasteiger partial charge in [-0.2, -0.15) is 0 Å². The first-order chi connectivity index (χ1) is 8.70. The normalized spacial score (nSPS) is 29.7. The minimum absolute atomic E-state index is 0.288. The van der Waals surface area contributed by atoms with E-state index in [1.807, 2.05) is 0 Å². The summed E-state index contributed by atoms with van der Waals surface area (Å²) in [6.45, 7) is 5.70. The summed E-state index contributed by atoms with van der Waals surface area (Å²) in [5.74, 6) is 0.657. The fraction of sp³-hybridized carbons (Fsp3) is 0.923. The molecule has 0 radical (unpaired) electrons. The lowest BCUT2D eigenvalue weighted by Crippen LogP contribution is -2.47. The maximum absolute atomic E-state index is 11.0. The number of primary amides is 1. The van der Waals surface area contributed by atoms with Crippen LogP contribution in [0.1, 0.15) is 32.6 Å². The van der Waals surface area contributed by atoms with Crippen LogP contribution in [0.4, 0.5) is 4.79 Å². The van der Waals surface area contributed by atoms with Gasteiger partial charge in [0, 0.05) is 32.3 Å². The first kappa shape index (κ1) is 13.6. The molecule has 0 bridgehead atoms. The monoisotopic (exact) mass is 255 g/mol. The summed E-state index contributed by atoms with van der Waals surface area (Å²) in [5, 5.41) is 3.63. The molecule has 2 unspecified atom stereocenters. The second-order valence-electron chi connectivity index (χ2n) is 5.37. The number of hydrogen-bond acceptors (Lipinski definition) is 3. The summed E-state index contributed by atoms with van der Waals surface area (Å²) >= 11 is 0. The minimum Gasteiger partial charge on any atom is -0.378 e. The highest BCUT2D eigenvalue weighted by atomic mass is 16.5. The lowest BCUT2D eigenvalue weighted by molar-refractivity contribution is 0.0858. The molecule has 2 rings (SSSR count). The second kappa shape index (κ2) is 6.38. The van der Waals surface area contributed by atoms with Crippen molar-refractivity contribution in [2.75, 3.05) is 26.2 Å². The largest absolute Gasteiger partial charge is 0.378 e. The number of hydrogen-bond donors (Lipinski definition) is 2. The standard InChI is InChI=1S/C13H25N3O2/c1-2-12-10(5-8-18-12)9-15-11-3-6-16(7-4-11)13(14)17/h10-12,15H,2-9H2,1H3,(H2,14,17). The predicted molar refractivity (Wildman–Crippen MR) is 70.3 cm³/mol. The van der Waals surface area contributed by atoms with Gasteiger partial charge in [0.2, 0.25) is 0 Å². The summed E-state index contributed by atoms with van der Waals surface area (Å²) in [7, 11) is 0. The molecule has 3 N–H and O–H groups in total. The Balaban J connectivity index is 1.67. The van der Waals surface area contributed by atoms with Crippen LogP contribution in [0.25, 0.3) is 0 Å². The van der Waals surface area contributed by atoms with Crippen molar-refractivity contribution in [3.8, 4) is 0 Å². The van der Waals surface area contributed by atoms with Crippen molar-refractivity contribution >= 4 is 6.03 Å². The van der Waals surface area contributed by atoms with Gasteiger partial charge < -0.3 is 20.7 Å². The fourth-order valence-electron chi connectivity index (χ4n) is 3.00. The molecule has 2 fully saturated rings. The first-order valence-corrected chi connectivity index (χ1v) is 7.10. The number of amides is 2. The van der Waals surface area contributed by atoms with Gasteiger partial charge in [0.25, 0.3) is 0 Å². The molecule has 104 valence electrons. The molecule has 5 nitrogen and oxygen atoms in total. The topological polar surface area (TPSA) is 67.6 Å². The zero-order valence-electron chi connectivity index (χ0n) is 11.2. The van der Waals surface area contributed by atoms with Crippen molar-refractivity contribution in [2.45, 2.75) is 44.8 Å². The minimum atomic E-state index is -0.288. The number of carbonyl (C=O) groups excluding carboxylic acids is 1. The van der Waals surface area contributed by atoms with Crippen LogP contribution in [0, 0.1) is 5.92 Å². The van der Waals surface area contributed by atoms with Crippen LogP contribution in [-0.2, 0) is 4.74 Å². The van der Waals surface area contributed by atoms with Gasteiger partial charge in [0.1, 0.15) is 0 Å². The maximum Gasteiger partial charge on any atom is 0.314 e. The SMILES string of the molecule is CCC1OCCC1CNC1CCN(C(N)=O)CC1. The lowest BCUT2D eigenvalue weighted by Gasteiger charge is -2.32. The molecule has 0 aromatic carbocycles. The summed E-state index contributed by atoms with van der Waals surface area (Å²) < 4.78 is 5.69. The Kier molecular flexibility index (Phi) is 4.83. The van der Waals surface area contributed by atoms with E-state index in [4.69, 9.17) is 10.5 Å². The molecule has 0 aliphatic carbocycles. The quantitative estimate of drug-likeness (QED) is 0.785. The van der Waals surface area contributed by atoms with Crippen LogP contribution in [0.2, 0.25) is 0 Å². The van der Waals surface area contributed by atoms with Gasteiger partial charge in [-0.25, -0.2) is 4.79 Å². The van der Waals surface area contributed by atoms with E-state index < -0.39 is 0 Å². The van der Waals surface area contributed by atoms with E-state index in [2.05, 4.69) is 12.2 Å². The van der Waals surface area contributed by atoms with E-state index in [-0.39, 0.29) is 6.03 Å². The van der Waals surface area contributed by atoms with E-state index in [1.165, 1.54) is 6.42 Å². The molecule has 2 heterocycles. The molecule has 2 saturated heterocycles. The number of rotatable bonds is 4. The van der Waals surface area contributed by atoms with E-state index in [1.54, 1.807) is 4.90 Å². The number of carbonyl (C=O) groups is 1. The molecule has 2 atom stereocenters. The molecule has 2 aliphatic rings. The highest BCUT2D eigenvalue weighted by Gasteiger charge is 2.28. The zero-order chi connectivity index (χ0) is 13.0. The van der Waals surface area contributed by atoms with E-state index in [0.717, 1.165) is 45.5 Å². The van der Waals surface area contributed by atoms with E-state index in [0.29, 0.717) is 18.1 Å². The number of nitrogens with zero attached hydrogens (tertiary/aromatic N) is 1. The number of nitrogens with two attached hydrogens (primary N) is 1. The predicted octanol–water partition coefficient (Wildman–Crippen LogP) is 0.934. The van der Waals surface area contributed by atoms with Gasteiger partial charge in [0.15, 0.2) is 0 Å². The smallest absolute Gasteiger partial charge is 0.314 e. The zero-order valence-corrected chi connectivity index (χ0v) is 11.2. The Labute approximate surface area is 109 Å². The molecular formula is C13H25N3O2. The summed E-state index contributed by atoms with van der Waals surface area (Å²) in [5.41, 5.74) is 5.27. The maximum atomic E-state index is 11.0. The van der Waals surface area contributed by atoms with Crippen molar-refractivity contribution in [3.05, 3.63) is 0 Å². The Morgan fingerprint density at radius 3 is 2.72 bits per heavy atom. The number of likely N-dealkylation sites (tertiary alicyclic amines) is 1. The molecule has 0 saturated carbocycles. The van der Waals surface area contributed by atoms with Gasteiger partial charge in [-0.05, 0) is 31.6 Å². The van der Waals surface area contributed by atoms with Crippen LogP contribution in [0.15, 0.2) is 0 Å². The number of piperidine rings is 1. The van der Waals surface area contributed by atoms with Crippen LogP contribution < -0.4 is 11.1 Å². The van der Waals surface area contributed by atoms with Gasteiger partial charge in [-0.1, -0.05) is 6.92 Å². The third-order valence-electron chi connectivity index (χ3n) is 4.22. The van der Waals surface area contributed by atoms with Crippen molar-refractivity contribution in [3.63, 3.8) is 0 Å². The molecule has 5 heteroatoms. The molecule has 0 aromatic heterocycles. The lowest BCUT2D eigenvalue weighted by atomic mass is 9.98. The van der Waals surface area contributed by atoms with Gasteiger partial charge in [-0.3, -0.25) is 0 Å². The Morgan fingerprint density at radius 2 is 2.11 bits per heavy atom. The highest BCUT2D eigenvalue weighted by Crippen LogP contribution is 2.23. The first-order valence-electron chi connectivity index (χ1n) is 7.10. The van der Waals surface area contributed by atoms with Crippen LogP contribution in [0.3, 0.4) is 0 Å². The molecule has 0 spiro atoms. The number of urea groups is 1. The molecule has 0 aromatic rings. The summed E-state index contributed by atoms with van der Waals surface area (Å²) in [4.78, 5) is 12.7. The van der Waals surface area contributed by atoms with Gasteiger partial charge >= 0.3 is 6.03 Å². The van der Waals surface area contributed by atoms with Crippen molar-refractivity contribution in [1.82, 2.24) is 10.2 Å². The Hall–Kier alpha value is -0.810. The molecular weight excluding hydrogens is 230 g/mol. The molecule has 2 aliphatic heterocycles. The summed E-state index contributed by atoms with van der Waals surface area (Å²) in [6.07, 6.45) is 4.72. The van der Waals surface area contributed by atoms with Crippen LogP contribution in [-0.4, -0.2) is 49.3 Å². The van der Waals surface area contributed by atoms with Gasteiger partial charge in [0.05, 0.1) is 6.10 Å². The Bertz CT molecular complexity index is 277. The van der Waals surface area contributed by atoms with Crippen LogP contribution >= 0.6 is 0 Å². The average Bonchev–Trinajstić information content (AvgIpc) is 2.84. The van der Waals surface area contributed by atoms with Crippen molar-refractivity contribution in [1.29, 1.82) is 0 Å². The number of ether oxygens (including phenoxy) is 1. The average molecular weight is 255 g/mol. The van der Waals surface area contributed by atoms with Gasteiger partial charge in [-0.15, -0.1) is 0 Å². The Morgan fingerprint density at radius 1 is 1.39 bits per heavy atom.